The van der Waals surface area contributed by atoms with E-state index in [0.717, 1.165) is 17.7 Å². The Balaban J connectivity index is 2.05. The number of rotatable bonds is 2. The van der Waals surface area contributed by atoms with Gasteiger partial charge in [-0.1, -0.05) is 31.4 Å². The Hall–Kier alpha value is -0.540. The number of nitrogens with two attached hydrogens (primary N) is 1. The van der Waals surface area contributed by atoms with Gasteiger partial charge in [0, 0.05) is 16.2 Å². The maximum absolute atomic E-state index is 13.5. The van der Waals surface area contributed by atoms with Crippen molar-refractivity contribution in [3.8, 4) is 0 Å². The normalized spacial score (nSPS) is 26.4. The van der Waals surface area contributed by atoms with E-state index in [0.29, 0.717) is 5.25 Å². The molecule has 1 nitrogen and oxygen atoms in total. The van der Waals surface area contributed by atoms with Gasteiger partial charge in [-0.15, -0.1) is 11.8 Å². The summed E-state index contributed by atoms with van der Waals surface area (Å²) >= 11 is 1.61. The molecule has 3 heteroatoms. The van der Waals surface area contributed by atoms with E-state index in [1.807, 2.05) is 12.1 Å². The Morgan fingerprint density at radius 2 is 1.88 bits per heavy atom. The van der Waals surface area contributed by atoms with Crippen LogP contribution in [0.5, 0.6) is 0 Å². The zero-order valence-electron chi connectivity index (χ0n) is 9.36. The molecule has 0 bridgehead atoms. The quantitative estimate of drug-likeness (QED) is 0.798. The van der Waals surface area contributed by atoms with Crippen LogP contribution in [0.1, 0.15) is 32.1 Å². The van der Waals surface area contributed by atoms with Gasteiger partial charge in [0.15, 0.2) is 0 Å². The van der Waals surface area contributed by atoms with Crippen molar-refractivity contribution in [3.05, 3.63) is 30.1 Å². The van der Waals surface area contributed by atoms with Crippen LogP contribution >= 0.6 is 11.8 Å². The predicted molar refractivity (Wildman–Crippen MR) is 67.1 cm³/mol. The summed E-state index contributed by atoms with van der Waals surface area (Å²) in [7, 11) is 0. The molecular formula is C13H18FNS. The molecule has 1 saturated carbocycles. The molecule has 0 saturated heterocycles. The summed E-state index contributed by atoms with van der Waals surface area (Å²) in [4.78, 5) is 0.741. The summed E-state index contributed by atoms with van der Waals surface area (Å²) in [5.74, 6) is -0.121. The standard InChI is InChI=1S/C13H18FNS/c14-10-6-4-5-8-12(10)16-13-9-3-1-2-7-11(13)15/h4-6,8,11,13H,1-3,7,9,15H2. The lowest BCUT2D eigenvalue weighted by atomic mass is 10.1. The molecule has 0 spiro atoms. The van der Waals surface area contributed by atoms with E-state index in [1.54, 1.807) is 17.8 Å². The first-order valence-electron chi connectivity index (χ1n) is 5.94. The van der Waals surface area contributed by atoms with E-state index < -0.39 is 0 Å². The molecule has 0 amide bonds. The number of hydrogen-bond donors (Lipinski definition) is 1. The van der Waals surface area contributed by atoms with E-state index in [-0.39, 0.29) is 11.9 Å². The third-order valence-corrected chi connectivity index (χ3v) is 4.59. The third kappa shape index (κ3) is 2.98. The second kappa shape index (κ2) is 5.69. The molecule has 1 fully saturated rings. The molecular weight excluding hydrogens is 221 g/mol. The smallest absolute Gasteiger partial charge is 0.136 e. The van der Waals surface area contributed by atoms with Gasteiger partial charge < -0.3 is 5.73 Å². The van der Waals surface area contributed by atoms with Crippen LogP contribution in [-0.2, 0) is 0 Å². The van der Waals surface area contributed by atoms with Crippen molar-refractivity contribution in [1.29, 1.82) is 0 Å². The maximum Gasteiger partial charge on any atom is 0.136 e. The van der Waals surface area contributed by atoms with Gasteiger partial charge >= 0.3 is 0 Å². The molecule has 2 rings (SSSR count). The van der Waals surface area contributed by atoms with Crippen LogP contribution in [0.25, 0.3) is 0 Å². The van der Waals surface area contributed by atoms with Crippen LogP contribution in [0.15, 0.2) is 29.2 Å². The van der Waals surface area contributed by atoms with Gasteiger partial charge in [-0.2, -0.15) is 0 Å². The average molecular weight is 239 g/mol. The molecule has 0 aliphatic heterocycles. The molecule has 1 aromatic carbocycles. The zero-order valence-corrected chi connectivity index (χ0v) is 10.2. The highest BCUT2D eigenvalue weighted by atomic mass is 32.2. The Labute approximate surface area is 101 Å². The Bertz CT molecular complexity index is 342. The van der Waals surface area contributed by atoms with Crippen molar-refractivity contribution in [3.63, 3.8) is 0 Å². The first kappa shape index (κ1) is 11.9. The lowest BCUT2D eigenvalue weighted by molar-refractivity contribution is 0.586. The molecule has 1 aliphatic rings. The monoisotopic (exact) mass is 239 g/mol. The molecule has 0 aromatic heterocycles. The topological polar surface area (TPSA) is 26.0 Å². The fourth-order valence-electron chi connectivity index (χ4n) is 2.15. The highest BCUT2D eigenvalue weighted by Crippen LogP contribution is 2.33. The van der Waals surface area contributed by atoms with Crippen LogP contribution in [0.3, 0.4) is 0 Å². The lowest BCUT2D eigenvalue weighted by Crippen LogP contribution is -2.31. The molecule has 16 heavy (non-hydrogen) atoms. The van der Waals surface area contributed by atoms with Crippen molar-refractivity contribution in [2.24, 2.45) is 5.73 Å². The second-order valence-electron chi connectivity index (χ2n) is 4.39. The van der Waals surface area contributed by atoms with Crippen LogP contribution in [-0.4, -0.2) is 11.3 Å². The molecule has 2 atom stereocenters. The van der Waals surface area contributed by atoms with Gasteiger partial charge in [0.1, 0.15) is 5.82 Å². The lowest BCUT2D eigenvalue weighted by Gasteiger charge is -2.20. The summed E-state index contributed by atoms with van der Waals surface area (Å²) in [5, 5.41) is 0.374. The largest absolute Gasteiger partial charge is 0.327 e. The van der Waals surface area contributed by atoms with Crippen LogP contribution < -0.4 is 5.73 Å². The van der Waals surface area contributed by atoms with Crippen molar-refractivity contribution >= 4 is 11.8 Å². The summed E-state index contributed by atoms with van der Waals surface area (Å²) in [6, 6.07) is 7.19. The minimum Gasteiger partial charge on any atom is -0.327 e. The van der Waals surface area contributed by atoms with E-state index in [4.69, 9.17) is 5.73 Å². The van der Waals surface area contributed by atoms with Crippen molar-refractivity contribution in [2.45, 2.75) is 48.3 Å². The van der Waals surface area contributed by atoms with E-state index in [1.165, 1.54) is 25.3 Å². The van der Waals surface area contributed by atoms with Gasteiger partial charge in [-0.3, -0.25) is 0 Å². The van der Waals surface area contributed by atoms with Gasteiger partial charge in [0.2, 0.25) is 0 Å². The van der Waals surface area contributed by atoms with E-state index in [2.05, 4.69) is 0 Å². The van der Waals surface area contributed by atoms with Crippen molar-refractivity contribution in [1.82, 2.24) is 0 Å². The predicted octanol–water partition coefficient (Wildman–Crippen LogP) is 3.58. The Morgan fingerprint density at radius 3 is 2.69 bits per heavy atom. The minimum absolute atomic E-state index is 0.121. The van der Waals surface area contributed by atoms with Crippen molar-refractivity contribution < 1.29 is 4.39 Å². The third-order valence-electron chi connectivity index (χ3n) is 3.12. The Kier molecular flexibility index (Phi) is 4.24. The zero-order chi connectivity index (χ0) is 11.4. The number of hydrogen-bond acceptors (Lipinski definition) is 2. The molecule has 2 N–H and O–H groups in total. The van der Waals surface area contributed by atoms with Crippen molar-refractivity contribution in [2.75, 3.05) is 0 Å². The molecule has 0 heterocycles. The van der Waals surface area contributed by atoms with E-state index >= 15 is 0 Å². The molecule has 0 radical (unpaired) electrons. The molecule has 1 aromatic rings. The second-order valence-corrected chi connectivity index (χ2v) is 5.67. The van der Waals surface area contributed by atoms with Crippen LogP contribution in [0.4, 0.5) is 4.39 Å². The molecule has 2 unspecified atom stereocenters. The maximum atomic E-state index is 13.5. The van der Waals surface area contributed by atoms with Crippen LogP contribution in [0, 0.1) is 5.82 Å². The SMILES string of the molecule is NC1CCCCCC1Sc1ccccc1F. The summed E-state index contributed by atoms with van der Waals surface area (Å²) in [6.45, 7) is 0. The van der Waals surface area contributed by atoms with Gasteiger partial charge in [0.05, 0.1) is 0 Å². The van der Waals surface area contributed by atoms with Crippen LogP contribution in [0.2, 0.25) is 0 Å². The summed E-state index contributed by atoms with van der Waals surface area (Å²) in [6.07, 6.45) is 5.89. The number of benzene rings is 1. The summed E-state index contributed by atoms with van der Waals surface area (Å²) in [5.41, 5.74) is 6.13. The Morgan fingerprint density at radius 1 is 1.12 bits per heavy atom. The average Bonchev–Trinajstić information content (AvgIpc) is 2.48. The first-order valence-corrected chi connectivity index (χ1v) is 6.82. The van der Waals surface area contributed by atoms with Gasteiger partial charge in [-0.05, 0) is 25.0 Å². The summed E-state index contributed by atoms with van der Waals surface area (Å²) < 4.78 is 13.5. The van der Waals surface area contributed by atoms with E-state index in [9.17, 15) is 4.39 Å². The molecule has 88 valence electrons. The fourth-order valence-corrected chi connectivity index (χ4v) is 3.41. The highest BCUT2D eigenvalue weighted by Gasteiger charge is 2.22. The van der Waals surface area contributed by atoms with Gasteiger partial charge in [0.25, 0.3) is 0 Å². The number of halogens is 1. The molecule has 1 aliphatic carbocycles. The minimum atomic E-state index is -0.121. The highest BCUT2D eigenvalue weighted by molar-refractivity contribution is 8.00. The fraction of sp³-hybridized carbons (Fsp3) is 0.538. The first-order chi connectivity index (χ1) is 7.77. The number of thioether (sulfide) groups is 1. The van der Waals surface area contributed by atoms with Gasteiger partial charge in [-0.25, -0.2) is 4.39 Å².